The highest BCUT2D eigenvalue weighted by Gasteiger charge is 2.35. The fourth-order valence-corrected chi connectivity index (χ4v) is 3.65. The zero-order valence-corrected chi connectivity index (χ0v) is 17.3. The van der Waals surface area contributed by atoms with Gasteiger partial charge in [0.2, 0.25) is 0 Å². The molecule has 0 aromatic carbocycles. The molecule has 0 aromatic rings. The standard InChI is InChI=1S/C16H33N3O5S/c1-15(2,3)13(17-14(20)24-16(4,5)6)12-18(7)25(21,22)19-8-10-23-11-9-19/h13H,8-12H2,1-7H3,(H,17,20)/t13-/m0/s1. The first-order valence-corrected chi connectivity index (χ1v) is 9.92. The molecule has 0 saturated carbocycles. The van der Waals surface area contributed by atoms with Gasteiger partial charge in [-0.1, -0.05) is 20.8 Å². The van der Waals surface area contributed by atoms with E-state index in [1.807, 2.05) is 20.8 Å². The van der Waals surface area contributed by atoms with E-state index in [0.29, 0.717) is 26.3 Å². The smallest absolute Gasteiger partial charge is 0.407 e. The first kappa shape index (κ1) is 22.1. The number of hydrogen-bond acceptors (Lipinski definition) is 5. The summed E-state index contributed by atoms with van der Waals surface area (Å²) in [7, 11) is -2.07. The van der Waals surface area contributed by atoms with Crippen LogP contribution in [0.3, 0.4) is 0 Å². The van der Waals surface area contributed by atoms with Gasteiger partial charge in [0.05, 0.1) is 19.3 Å². The molecule has 0 spiro atoms. The van der Waals surface area contributed by atoms with Gasteiger partial charge in [-0.2, -0.15) is 17.0 Å². The van der Waals surface area contributed by atoms with Gasteiger partial charge >= 0.3 is 6.09 Å². The first-order valence-electron chi connectivity index (χ1n) is 8.52. The zero-order valence-electron chi connectivity index (χ0n) is 16.5. The number of rotatable bonds is 5. The van der Waals surface area contributed by atoms with Crippen molar-refractivity contribution in [3.63, 3.8) is 0 Å². The van der Waals surface area contributed by atoms with Crippen molar-refractivity contribution >= 4 is 16.3 Å². The molecular weight excluding hydrogens is 346 g/mol. The van der Waals surface area contributed by atoms with Crippen LogP contribution < -0.4 is 5.32 Å². The van der Waals surface area contributed by atoms with Crippen LogP contribution in [0.4, 0.5) is 4.79 Å². The van der Waals surface area contributed by atoms with Crippen molar-refractivity contribution < 1.29 is 22.7 Å². The van der Waals surface area contributed by atoms with Crippen molar-refractivity contribution in [2.24, 2.45) is 5.41 Å². The molecule has 0 aliphatic carbocycles. The lowest BCUT2D eigenvalue weighted by Gasteiger charge is -2.36. The van der Waals surface area contributed by atoms with E-state index in [0.717, 1.165) is 0 Å². The summed E-state index contributed by atoms with van der Waals surface area (Å²) >= 11 is 0. The highest BCUT2D eigenvalue weighted by Crippen LogP contribution is 2.22. The molecule has 1 amide bonds. The van der Waals surface area contributed by atoms with Gasteiger partial charge in [0.25, 0.3) is 10.2 Å². The molecule has 1 rings (SSSR count). The van der Waals surface area contributed by atoms with Crippen LogP contribution in [-0.4, -0.2) is 74.7 Å². The number of nitrogens with one attached hydrogen (secondary N) is 1. The molecule has 1 N–H and O–H groups in total. The van der Waals surface area contributed by atoms with Gasteiger partial charge in [-0.15, -0.1) is 0 Å². The summed E-state index contributed by atoms with van der Waals surface area (Å²) in [5, 5.41) is 2.81. The second kappa shape index (κ2) is 8.20. The third kappa shape index (κ3) is 7.08. The Labute approximate surface area is 152 Å². The number of likely N-dealkylation sites (N-methyl/N-ethyl adjacent to an activating group) is 1. The predicted molar refractivity (Wildman–Crippen MR) is 96.6 cm³/mol. The van der Waals surface area contributed by atoms with Crippen LogP contribution >= 0.6 is 0 Å². The van der Waals surface area contributed by atoms with E-state index in [2.05, 4.69) is 5.32 Å². The Morgan fingerprint density at radius 1 is 1.20 bits per heavy atom. The molecule has 1 heterocycles. The number of nitrogens with zero attached hydrogens (tertiary/aromatic N) is 2. The van der Waals surface area contributed by atoms with E-state index in [4.69, 9.17) is 9.47 Å². The molecule has 25 heavy (non-hydrogen) atoms. The number of carbonyl (C=O) groups excluding carboxylic acids is 1. The van der Waals surface area contributed by atoms with Gasteiger partial charge in [0.1, 0.15) is 5.60 Å². The lowest BCUT2D eigenvalue weighted by atomic mass is 9.87. The first-order chi connectivity index (χ1) is 11.2. The molecule has 1 atom stereocenters. The van der Waals surface area contributed by atoms with Crippen LogP contribution in [0.1, 0.15) is 41.5 Å². The summed E-state index contributed by atoms with van der Waals surface area (Å²) < 4.78 is 38.6. The van der Waals surface area contributed by atoms with E-state index in [-0.39, 0.29) is 12.0 Å². The molecule has 9 heteroatoms. The van der Waals surface area contributed by atoms with E-state index in [9.17, 15) is 13.2 Å². The van der Waals surface area contributed by atoms with Crippen molar-refractivity contribution in [1.82, 2.24) is 13.9 Å². The Bertz CT molecular complexity index is 545. The van der Waals surface area contributed by atoms with E-state index in [1.165, 1.54) is 15.7 Å². The van der Waals surface area contributed by atoms with Crippen LogP contribution in [-0.2, 0) is 19.7 Å². The average Bonchev–Trinajstić information content (AvgIpc) is 2.44. The zero-order chi connectivity index (χ0) is 19.5. The van der Waals surface area contributed by atoms with Crippen LogP contribution in [0, 0.1) is 5.41 Å². The van der Waals surface area contributed by atoms with Gasteiger partial charge in [-0.05, 0) is 26.2 Å². The molecular formula is C16H33N3O5S. The van der Waals surface area contributed by atoms with Gasteiger partial charge in [0.15, 0.2) is 0 Å². The predicted octanol–water partition coefficient (Wildman–Crippen LogP) is 1.43. The topological polar surface area (TPSA) is 88.2 Å². The van der Waals surface area contributed by atoms with Crippen LogP contribution in [0.2, 0.25) is 0 Å². The normalized spacial score (nSPS) is 18.9. The average molecular weight is 380 g/mol. The highest BCUT2D eigenvalue weighted by atomic mass is 32.2. The maximum Gasteiger partial charge on any atom is 0.407 e. The summed E-state index contributed by atoms with van der Waals surface area (Å²) in [5.41, 5.74) is -0.954. The Kier molecular flexibility index (Phi) is 7.26. The largest absolute Gasteiger partial charge is 0.444 e. The molecule has 0 aromatic heterocycles. The van der Waals surface area contributed by atoms with Crippen molar-refractivity contribution in [1.29, 1.82) is 0 Å². The number of hydrogen-bond donors (Lipinski definition) is 1. The highest BCUT2D eigenvalue weighted by molar-refractivity contribution is 7.86. The van der Waals surface area contributed by atoms with Gasteiger partial charge in [0, 0.05) is 26.7 Å². The van der Waals surface area contributed by atoms with E-state index >= 15 is 0 Å². The lowest BCUT2D eigenvalue weighted by molar-refractivity contribution is 0.0452. The maximum absolute atomic E-state index is 12.7. The number of amides is 1. The molecule has 1 saturated heterocycles. The molecule has 0 bridgehead atoms. The van der Waals surface area contributed by atoms with Crippen molar-refractivity contribution in [2.45, 2.75) is 53.2 Å². The van der Waals surface area contributed by atoms with E-state index < -0.39 is 27.9 Å². The molecule has 0 unspecified atom stereocenters. The Morgan fingerprint density at radius 3 is 2.16 bits per heavy atom. The van der Waals surface area contributed by atoms with Crippen molar-refractivity contribution in [3.8, 4) is 0 Å². The minimum absolute atomic E-state index is 0.155. The summed E-state index contributed by atoms with van der Waals surface area (Å²) in [5.74, 6) is 0. The second-order valence-corrected chi connectivity index (χ2v) is 10.4. The quantitative estimate of drug-likeness (QED) is 0.781. The molecule has 1 fully saturated rings. The number of alkyl carbamates (subject to hydrolysis) is 1. The summed E-state index contributed by atoms with van der Waals surface area (Å²) in [6.07, 6.45) is -0.551. The fourth-order valence-electron chi connectivity index (χ4n) is 2.31. The fraction of sp³-hybridized carbons (Fsp3) is 0.938. The monoisotopic (exact) mass is 379 g/mol. The molecule has 0 radical (unpaired) electrons. The van der Waals surface area contributed by atoms with Gasteiger partial charge in [-0.25, -0.2) is 4.79 Å². The second-order valence-electron chi connectivity index (χ2n) is 8.36. The van der Waals surface area contributed by atoms with Crippen molar-refractivity contribution in [3.05, 3.63) is 0 Å². The molecule has 1 aliphatic heterocycles. The third-order valence-electron chi connectivity index (χ3n) is 3.87. The summed E-state index contributed by atoms with van der Waals surface area (Å²) in [6, 6.07) is -0.400. The SMILES string of the molecule is CN(C[C@H](NC(=O)OC(C)(C)C)C(C)(C)C)S(=O)(=O)N1CCOCC1. The number of carbonyl (C=O) groups is 1. The van der Waals surface area contributed by atoms with Crippen LogP contribution in [0.15, 0.2) is 0 Å². The lowest BCUT2D eigenvalue weighted by Crippen LogP contribution is -2.55. The van der Waals surface area contributed by atoms with Gasteiger partial charge in [-0.3, -0.25) is 0 Å². The molecule has 1 aliphatic rings. The number of ether oxygens (including phenoxy) is 2. The molecule has 148 valence electrons. The third-order valence-corrected chi connectivity index (χ3v) is 5.82. The van der Waals surface area contributed by atoms with Crippen LogP contribution in [0.5, 0.6) is 0 Å². The minimum atomic E-state index is -3.59. The Morgan fingerprint density at radius 2 is 1.72 bits per heavy atom. The molecule has 8 nitrogen and oxygen atoms in total. The minimum Gasteiger partial charge on any atom is -0.444 e. The Balaban J connectivity index is 2.82. The maximum atomic E-state index is 12.7. The Hall–Kier alpha value is -0.900. The van der Waals surface area contributed by atoms with Crippen LogP contribution in [0.25, 0.3) is 0 Å². The number of morpholine rings is 1. The summed E-state index contributed by atoms with van der Waals surface area (Å²) in [6.45, 7) is 12.8. The van der Waals surface area contributed by atoms with Crippen molar-refractivity contribution in [2.75, 3.05) is 39.9 Å². The van der Waals surface area contributed by atoms with E-state index in [1.54, 1.807) is 20.8 Å². The summed E-state index contributed by atoms with van der Waals surface area (Å²) in [4.78, 5) is 12.1. The van der Waals surface area contributed by atoms with Gasteiger partial charge < -0.3 is 14.8 Å².